The van der Waals surface area contributed by atoms with Crippen molar-refractivity contribution in [1.29, 1.82) is 0 Å². The zero-order valence-corrected chi connectivity index (χ0v) is 8.56. The Hall–Kier alpha value is -1.20. The molecular formula is C9H15N3O2. The Bertz CT molecular complexity index is 315. The van der Waals surface area contributed by atoms with Gasteiger partial charge in [-0.1, -0.05) is 0 Å². The van der Waals surface area contributed by atoms with Crippen molar-refractivity contribution < 1.29 is 9.84 Å². The van der Waals surface area contributed by atoms with Crippen LogP contribution >= 0.6 is 0 Å². The molecular weight excluding hydrogens is 182 g/mol. The van der Waals surface area contributed by atoms with E-state index in [1.54, 1.807) is 13.8 Å². The molecule has 1 heterocycles. The lowest BCUT2D eigenvalue weighted by molar-refractivity contribution is 0.148. The molecule has 78 valence electrons. The van der Waals surface area contributed by atoms with Gasteiger partial charge in [0.1, 0.15) is 6.10 Å². The van der Waals surface area contributed by atoms with E-state index in [9.17, 15) is 5.11 Å². The van der Waals surface area contributed by atoms with Gasteiger partial charge in [-0.15, -0.1) is 0 Å². The number of aromatic nitrogens is 2. The van der Waals surface area contributed by atoms with Gasteiger partial charge in [-0.05, 0) is 13.8 Å². The Morgan fingerprint density at radius 3 is 2.64 bits per heavy atom. The van der Waals surface area contributed by atoms with Crippen molar-refractivity contribution in [2.45, 2.75) is 26.0 Å². The number of rotatable bonds is 3. The van der Waals surface area contributed by atoms with Crippen LogP contribution in [-0.2, 0) is 0 Å². The lowest BCUT2D eigenvalue weighted by Crippen LogP contribution is -2.25. The first-order chi connectivity index (χ1) is 6.56. The second-order valence-corrected chi connectivity index (χ2v) is 3.19. The lowest BCUT2D eigenvalue weighted by Gasteiger charge is -2.14. The topological polar surface area (TPSA) is 81.3 Å². The molecule has 0 radical (unpaired) electrons. The minimum absolute atomic E-state index is 0.364. The number of ether oxygens (including phenoxy) is 1. The maximum Gasteiger partial charge on any atom is 0.235 e. The summed E-state index contributed by atoms with van der Waals surface area (Å²) < 4.78 is 4.95. The summed E-state index contributed by atoms with van der Waals surface area (Å²) in [6, 6.07) is -0.364. The fourth-order valence-corrected chi connectivity index (χ4v) is 1.10. The van der Waals surface area contributed by atoms with Gasteiger partial charge >= 0.3 is 0 Å². The summed E-state index contributed by atoms with van der Waals surface area (Å²) in [6.07, 6.45) is 0.687. The van der Waals surface area contributed by atoms with Crippen molar-refractivity contribution in [3.8, 4) is 5.88 Å². The van der Waals surface area contributed by atoms with Crippen LogP contribution < -0.4 is 10.5 Å². The van der Waals surface area contributed by atoms with Crippen LogP contribution in [0.3, 0.4) is 0 Å². The number of hydrogen-bond acceptors (Lipinski definition) is 5. The van der Waals surface area contributed by atoms with E-state index in [0.29, 0.717) is 17.3 Å². The van der Waals surface area contributed by atoms with Crippen LogP contribution in [0.5, 0.6) is 5.88 Å². The summed E-state index contributed by atoms with van der Waals surface area (Å²) in [5, 5.41) is 9.62. The highest BCUT2D eigenvalue weighted by Gasteiger charge is 2.15. The summed E-state index contributed by atoms with van der Waals surface area (Å²) in [7, 11) is 1.53. The molecule has 0 saturated heterocycles. The van der Waals surface area contributed by atoms with Crippen LogP contribution in [0.1, 0.15) is 24.4 Å². The summed E-state index contributed by atoms with van der Waals surface area (Å²) in [5.74, 6) is 0.464. The number of methoxy groups -OCH3 is 1. The highest BCUT2D eigenvalue weighted by Crippen LogP contribution is 2.16. The number of aliphatic hydroxyl groups excluding tert-OH is 1. The molecule has 0 aliphatic rings. The third-order valence-electron chi connectivity index (χ3n) is 1.91. The quantitative estimate of drug-likeness (QED) is 0.722. The van der Waals surface area contributed by atoms with Gasteiger partial charge in [0.25, 0.3) is 0 Å². The van der Waals surface area contributed by atoms with Gasteiger partial charge in [-0.25, -0.2) is 9.97 Å². The van der Waals surface area contributed by atoms with Crippen molar-refractivity contribution in [2.24, 2.45) is 5.73 Å². The molecule has 3 N–H and O–H groups in total. The maximum atomic E-state index is 9.62. The predicted molar refractivity (Wildman–Crippen MR) is 51.9 cm³/mol. The summed E-state index contributed by atoms with van der Waals surface area (Å²) in [4.78, 5) is 8.15. The molecule has 0 spiro atoms. The first kappa shape index (κ1) is 10.9. The van der Waals surface area contributed by atoms with E-state index < -0.39 is 6.10 Å². The van der Waals surface area contributed by atoms with Gasteiger partial charge in [-0.3, -0.25) is 0 Å². The normalized spacial score (nSPS) is 14.9. The van der Waals surface area contributed by atoms with E-state index >= 15 is 0 Å². The Morgan fingerprint density at radius 1 is 1.57 bits per heavy atom. The molecule has 1 aromatic heterocycles. The molecule has 2 unspecified atom stereocenters. The highest BCUT2D eigenvalue weighted by atomic mass is 16.5. The average Bonchev–Trinajstić information content (AvgIpc) is 2.16. The molecule has 0 aromatic carbocycles. The number of aliphatic hydroxyl groups is 1. The molecule has 1 aromatic rings. The van der Waals surface area contributed by atoms with Crippen molar-refractivity contribution in [2.75, 3.05) is 7.11 Å². The minimum atomic E-state index is -0.785. The van der Waals surface area contributed by atoms with Crippen molar-refractivity contribution in [3.63, 3.8) is 0 Å². The smallest absolute Gasteiger partial charge is 0.235 e. The summed E-state index contributed by atoms with van der Waals surface area (Å²) >= 11 is 0. The zero-order valence-electron chi connectivity index (χ0n) is 8.56. The monoisotopic (exact) mass is 197 g/mol. The van der Waals surface area contributed by atoms with Gasteiger partial charge in [0.15, 0.2) is 0 Å². The second-order valence-electron chi connectivity index (χ2n) is 3.19. The molecule has 0 bridgehead atoms. The molecule has 0 fully saturated rings. The predicted octanol–water partition coefficient (Wildman–Crippen LogP) is 0.174. The number of nitrogens with zero attached hydrogens (tertiary/aromatic N) is 2. The van der Waals surface area contributed by atoms with Gasteiger partial charge in [0, 0.05) is 6.04 Å². The molecule has 0 aliphatic heterocycles. The van der Waals surface area contributed by atoms with Crippen LogP contribution in [0.15, 0.2) is 6.20 Å². The largest absolute Gasteiger partial charge is 0.480 e. The van der Waals surface area contributed by atoms with Crippen molar-refractivity contribution in [1.82, 2.24) is 9.97 Å². The zero-order chi connectivity index (χ0) is 10.7. The van der Waals surface area contributed by atoms with Crippen LogP contribution in [0.25, 0.3) is 0 Å². The molecule has 0 amide bonds. The second kappa shape index (κ2) is 4.34. The van der Waals surface area contributed by atoms with Gasteiger partial charge in [-0.2, -0.15) is 0 Å². The molecule has 1 rings (SSSR count). The number of nitrogens with two attached hydrogens (primary N) is 1. The third kappa shape index (κ3) is 2.18. The van der Waals surface area contributed by atoms with E-state index in [0.717, 1.165) is 0 Å². The Kier molecular flexibility index (Phi) is 3.38. The van der Waals surface area contributed by atoms with E-state index in [-0.39, 0.29) is 6.04 Å². The fraction of sp³-hybridized carbons (Fsp3) is 0.556. The van der Waals surface area contributed by atoms with Gasteiger partial charge in [0.2, 0.25) is 5.88 Å². The minimum Gasteiger partial charge on any atom is -0.480 e. The van der Waals surface area contributed by atoms with Crippen LogP contribution in [-0.4, -0.2) is 28.2 Å². The van der Waals surface area contributed by atoms with Crippen LogP contribution in [0, 0.1) is 6.92 Å². The Morgan fingerprint density at radius 2 is 2.21 bits per heavy atom. The molecule has 0 saturated carbocycles. The van der Waals surface area contributed by atoms with Gasteiger partial charge < -0.3 is 15.6 Å². The average molecular weight is 197 g/mol. The van der Waals surface area contributed by atoms with E-state index in [4.69, 9.17) is 10.5 Å². The molecule has 5 nitrogen and oxygen atoms in total. The first-order valence-corrected chi connectivity index (χ1v) is 4.37. The fourth-order valence-electron chi connectivity index (χ4n) is 1.10. The molecule has 5 heteroatoms. The first-order valence-electron chi connectivity index (χ1n) is 4.37. The maximum absolute atomic E-state index is 9.62. The van der Waals surface area contributed by atoms with Crippen molar-refractivity contribution >= 4 is 0 Å². The van der Waals surface area contributed by atoms with E-state index in [1.165, 1.54) is 13.3 Å². The molecule has 14 heavy (non-hydrogen) atoms. The summed E-state index contributed by atoms with van der Waals surface area (Å²) in [5.41, 5.74) is 6.65. The van der Waals surface area contributed by atoms with Crippen LogP contribution in [0.2, 0.25) is 0 Å². The summed E-state index contributed by atoms with van der Waals surface area (Å²) in [6.45, 7) is 3.48. The highest BCUT2D eigenvalue weighted by molar-refractivity contribution is 5.19. The van der Waals surface area contributed by atoms with E-state index in [2.05, 4.69) is 9.97 Å². The Balaban J connectivity index is 2.96. The SMILES string of the molecule is COc1ncc(C(O)C(C)N)nc1C. The number of hydrogen-bond donors (Lipinski definition) is 2. The lowest BCUT2D eigenvalue weighted by atomic mass is 10.1. The van der Waals surface area contributed by atoms with Crippen LogP contribution in [0.4, 0.5) is 0 Å². The standard InChI is InChI=1S/C9H15N3O2/c1-5(10)8(13)7-4-11-9(14-3)6(2)12-7/h4-5,8,13H,10H2,1-3H3. The van der Waals surface area contributed by atoms with Crippen molar-refractivity contribution in [3.05, 3.63) is 17.6 Å². The van der Waals surface area contributed by atoms with E-state index in [1.807, 2.05) is 0 Å². The Labute approximate surface area is 82.9 Å². The molecule has 2 atom stereocenters. The number of aryl methyl sites for hydroxylation is 1. The molecule has 0 aliphatic carbocycles. The van der Waals surface area contributed by atoms with Gasteiger partial charge in [0.05, 0.1) is 24.7 Å². The third-order valence-corrected chi connectivity index (χ3v) is 1.91.